The molecule has 0 unspecified atom stereocenters. The molecule has 9 heteroatoms. The molecule has 0 aliphatic carbocycles. The first-order valence-electron chi connectivity index (χ1n) is 6.58. The van der Waals surface area contributed by atoms with E-state index in [4.69, 9.17) is 0 Å². The zero-order chi connectivity index (χ0) is 16.4. The van der Waals surface area contributed by atoms with Gasteiger partial charge < -0.3 is 0 Å². The van der Waals surface area contributed by atoms with Crippen LogP contribution in [0.5, 0.6) is 0 Å². The Morgan fingerprint density at radius 3 is 2.70 bits per heavy atom. The number of sulfonamides is 1. The van der Waals surface area contributed by atoms with Gasteiger partial charge in [-0.2, -0.15) is 0 Å². The molecule has 0 fully saturated rings. The third kappa shape index (κ3) is 3.40. The molecule has 0 saturated carbocycles. The molecule has 3 rings (SSSR count). The number of benzene rings is 2. The van der Waals surface area contributed by atoms with Crippen LogP contribution in [0.4, 0.5) is 5.69 Å². The van der Waals surface area contributed by atoms with Crippen LogP contribution in [0.25, 0.3) is 5.69 Å². The van der Waals surface area contributed by atoms with Crippen molar-refractivity contribution in [3.05, 3.63) is 58.8 Å². The van der Waals surface area contributed by atoms with Gasteiger partial charge in [0.1, 0.15) is 6.33 Å². The van der Waals surface area contributed by atoms with E-state index in [-0.39, 0.29) is 4.90 Å². The van der Waals surface area contributed by atoms with Crippen LogP contribution in [0.2, 0.25) is 0 Å². The summed E-state index contributed by atoms with van der Waals surface area (Å²) in [4.78, 5) is 0.200. The fourth-order valence-corrected chi connectivity index (χ4v) is 3.37. The zero-order valence-corrected chi connectivity index (χ0v) is 14.4. The van der Waals surface area contributed by atoms with E-state index in [0.717, 1.165) is 10.0 Å². The predicted molar refractivity (Wildman–Crippen MR) is 88.8 cm³/mol. The molecule has 118 valence electrons. The molecule has 0 amide bonds. The Bertz CT molecular complexity index is 942. The normalized spacial score (nSPS) is 11.4. The maximum absolute atomic E-state index is 12.5. The van der Waals surface area contributed by atoms with Crippen LogP contribution in [0.1, 0.15) is 5.56 Å². The van der Waals surface area contributed by atoms with Gasteiger partial charge in [-0.15, -0.1) is 5.10 Å². The maximum Gasteiger partial charge on any atom is 0.261 e. The van der Waals surface area contributed by atoms with Crippen LogP contribution in [0.3, 0.4) is 0 Å². The Morgan fingerprint density at radius 1 is 1.17 bits per heavy atom. The second kappa shape index (κ2) is 6.09. The molecular formula is C14H12BrN5O2S. The van der Waals surface area contributed by atoms with E-state index in [2.05, 4.69) is 36.2 Å². The monoisotopic (exact) mass is 393 g/mol. The van der Waals surface area contributed by atoms with E-state index in [0.29, 0.717) is 11.4 Å². The van der Waals surface area contributed by atoms with Crippen molar-refractivity contribution in [2.24, 2.45) is 0 Å². The van der Waals surface area contributed by atoms with E-state index in [9.17, 15) is 8.42 Å². The summed E-state index contributed by atoms with van der Waals surface area (Å²) in [5.41, 5.74) is 1.93. The van der Waals surface area contributed by atoms with Gasteiger partial charge in [0.15, 0.2) is 0 Å². The third-order valence-electron chi connectivity index (χ3n) is 3.15. The molecule has 0 aliphatic heterocycles. The van der Waals surface area contributed by atoms with Gasteiger partial charge in [-0.25, -0.2) is 13.1 Å². The van der Waals surface area contributed by atoms with Crippen molar-refractivity contribution in [1.29, 1.82) is 0 Å². The lowest BCUT2D eigenvalue weighted by atomic mass is 10.2. The number of hydrogen-bond donors (Lipinski definition) is 1. The van der Waals surface area contributed by atoms with Crippen molar-refractivity contribution in [1.82, 2.24) is 20.2 Å². The molecule has 1 aromatic heterocycles. The first-order chi connectivity index (χ1) is 11.0. The molecule has 0 atom stereocenters. The largest absolute Gasteiger partial charge is 0.280 e. The predicted octanol–water partition coefficient (Wildman–Crippen LogP) is 2.53. The number of hydrogen-bond acceptors (Lipinski definition) is 5. The Morgan fingerprint density at radius 2 is 2.00 bits per heavy atom. The van der Waals surface area contributed by atoms with Gasteiger partial charge in [-0.05, 0) is 59.3 Å². The minimum absolute atomic E-state index is 0.200. The molecule has 0 bridgehead atoms. The molecule has 2 aromatic carbocycles. The average Bonchev–Trinajstić information content (AvgIpc) is 3.04. The minimum atomic E-state index is -3.67. The highest BCUT2D eigenvalue weighted by Gasteiger charge is 2.15. The zero-order valence-electron chi connectivity index (χ0n) is 12.0. The Balaban J connectivity index is 1.91. The number of anilines is 1. The smallest absolute Gasteiger partial charge is 0.261 e. The van der Waals surface area contributed by atoms with Gasteiger partial charge in [0.25, 0.3) is 10.0 Å². The van der Waals surface area contributed by atoms with Crippen molar-refractivity contribution in [2.45, 2.75) is 11.8 Å². The molecule has 0 radical (unpaired) electrons. The van der Waals surface area contributed by atoms with Crippen LogP contribution in [-0.4, -0.2) is 28.6 Å². The summed E-state index contributed by atoms with van der Waals surface area (Å²) in [6.45, 7) is 1.83. The van der Waals surface area contributed by atoms with E-state index >= 15 is 0 Å². The van der Waals surface area contributed by atoms with Crippen molar-refractivity contribution < 1.29 is 8.42 Å². The quantitative estimate of drug-likeness (QED) is 0.735. The number of aryl methyl sites for hydroxylation is 1. The van der Waals surface area contributed by atoms with Crippen molar-refractivity contribution >= 4 is 31.6 Å². The fourth-order valence-electron chi connectivity index (χ4n) is 1.99. The van der Waals surface area contributed by atoms with Gasteiger partial charge in [-0.1, -0.05) is 22.0 Å². The van der Waals surface area contributed by atoms with Crippen LogP contribution in [0, 0.1) is 6.92 Å². The number of nitrogens with one attached hydrogen (secondary N) is 1. The summed E-state index contributed by atoms with van der Waals surface area (Å²) in [5, 5.41) is 10.9. The SMILES string of the molecule is Cc1cc(S(=O)(=O)Nc2cccc(-n3cnnn3)c2)ccc1Br. The second-order valence-electron chi connectivity index (χ2n) is 4.82. The molecule has 0 aliphatic rings. The van der Waals surface area contributed by atoms with Crippen molar-refractivity contribution in [3.63, 3.8) is 0 Å². The molecular weight excluding hydrogens is 382 g/mol. The lowest BCUT2D eigenvalue weighted by Gasteiger charge is -2.10. The number of rotatable bonds is 4. The van der Waals surface area contributed by atoms with Crippen molar-refractivity contribution in [2.75, 3.05) is 4.72 Å². The lowest BCUT2D eigenvalue weighted by Crippen LogP contribution is -2.13. The fraction of sp³-hybridized carbons (Fsp3) is 0.0714. The van der Waals surface area contributed by atoms with Crippen LogP contribution in [0.15, 0.2) is 58.2 Å². The van der Waals surface area contributed by atoms with Crippen LogP contribution >= 0.6 is 15.9 Å². The number of tetrazole rings is 1. The highest BCUT2D eigenvalue weighted by atomic mass is 79.9. The first-order valence-corrected chi connectivity index (χ1v) is 8.86. The minimum Gasteiger partial charge on any atom is -0.280 e. The Kier molecular flexibility index (Phi) is 4.14. The summed E-state index contributed by atoms with van der Waals surface area (Å²) in [6, 6.07) is 11.7. The molecule has 3 aromatic rings. The Labute approximate surface area is 141 Å². The topological polar surface area (TPSA) is 89.8 Å². The molecule has 0 saturated heterocycles. The average molecular weight is 394 g/mol. The standard InChI is InChI=1S/C14H12BrN5O2S/c1-10-7-13(5-6-14(10)15)23(21,22)17-11-3-2-4-12(8-11)20-9-16-18-19-20/h2-9,17H,1H3. The third-order valence-corrected chi connectivity index (χ3v) is 5.42. The highest BCUT2D eigenvalue weighted by molar-refractivity contribution is 9.10. The van der Waals surface area contributed by atoms with Crippen molar-refractivity contribution in [3.8, 4) is 5.69 Å². The summed E-state index contributed by atoms with van der Waals surface area (Å²) in [6.07, 6.45) is 1.44. The van der Waals surface area contributed by atoms with Gasteiger partial charge in [0, 0.05) is 4.47 Å². The second-order valence-corrected chi connectivity index (χ2v) is 7.36. The Hall–Kier alpha value is -2.26. The highest BCUT2D eigenvalue weighted by Crippen LogP contribution is 2.23. The van der Waals surface area contributed by atoms with Gasteiger partial charge in [0.05, 0.1) is 16.3 Å². The van der Waals surface area contributed by atoms with Crippen LogP contribution < -0.4 is 4.72 Å². The van der Waals surface area contributed by atoms with Gasteiger partial charge >= 0.3 is 0 Å². The van der Waals surface area contributed by atoms with E-state index in [1.165, 1.54) is 11.0 Å². The van der Waals surface area contributed by atoms with E-state index in [1.807, 2.05) is 6.92 Å². The summed E-state index contributed by atoms with van der Waals surface area (Å²) >= 11 is 3.36. The van der Waals surface area contributed by atoms with E-state index < -0.39 is 10.0 Å². The molecule has 23 heavy (non-hydrogen) atoms. The van der Waals surface area contributed by atoms with E-state index in [1.54, 1.807) is 42.5 Å². The number of nitrogens with zero attached hydrogens (tertiary/aromatic N) is 4. The summed E-state index contributed by atoms with van der Waals surface area (Å²) in [7, 11) is -3.67. The number of halogens is 1. The molecule has 7 nitrogen and oxygen atoms in total. The summed E-state index contributed by atoms with van der Waals surface area (Å²) in [5.74, 6) is 0. The maximum atomic E-state index is 12.5. The number of aromatic nitrogens is 4. The van der Waals surface area contributed by atoms with Gasteiger partial charge in [0.2, 0.25) is 0 Å². The van der Waals surface area contributed by atoms with Gasteiger partial charge in [-0.3, -0.25) is 4.72 Å². The summed E-state index contributed by atoms with van der Waals surface area (Å²) < 4.78 is 29.8. The molecule has 1 heterocycles. The van der Waals surface area contributed by atoms with Crippen LogP contribution in [-0.2, 0) is 10.0 Å². The lowest BCUT2D eigenvalue weighted by molar-refractivity contribution is 0.601. The molecule has 0 spiro atoms. The molecule has 1 N–H and O–H groups in total. The first kappa shape index (κ1) is 15.6.